The van der Waals surface area contributed by atoms with Gasteiger partial charge in [-0.05, 0) is 29.8 Å². The first-order valence-electron chi connectivity index (χ1n) is 7.73. The highest BCUT2D eigenvalue weighted by Crippen LogP contribution is 2.24. The van der Waals surface area contributed by atoms with Crippen LogP contribution in [0.4, 0.5) is 4.39 Å². The van der Waals surface area contributed by atoms with Crippen LogP contribution in [0.15, 0.2) is 51.5 Å². The van der Waals surface area contributed by atoms with E-state index in [1.165, 1.54) is 12.1 Å². The van der Waals surface area contributed by atoms with Crippen molar-refractivity contribution in [1.82, 2.24) is 15.1 Å². The molecule has 0 amide bonds. The lowest BCUT2D eigenvalue weighted by Crippen LogP contribution is -2.37. The smallest absolute Gasteiger partial charge is 0.283 e. The molecule has 4 rings (SSSR count). The molecule has 7 heteroatoms. The Balaban J connectivity index is 1.42. The van der Waals surface area contributed by atoms with Crippen LogP contribution in [0.3, 0.4) is 0 Å². The number of rotatable bonds is 4. The van der Waals surface area contributed by atoms with Crippen molar-refractivity contribution in [2.45, 2.75) is 12.6 Å². The zero-order valence-corrected chi connectivity index (χ0v) is 12.9. The predicted octanol–water partition coefficient (Wildman–Crippen LogP) is 3.04. The highest BCUT2D eigenvalue weighted by atomic mass is 19.1. The molecule has 0 aliphatic carbocycles. The first kappa shape index (κ1) is 15.0. The van der Waals surface area contributed by atoms with Crippen molar-refractivity contribution < 1.29 is 18.0 Å². The Kier molecular flexibility index (Phi) is 4.10. The summed E-state index contributed by atoms with van der Waals surface area (Å²) < 4.78 is 29.7. The van der Waals surface area contributed by atoms with Gasteiger partial charge in [0.05, 0.1) is 25.5 Å². The fraction of sp³-hybridized carbons (Fsp3) is 0.294. The van der Waals surface area contributed by atoms with Crippen molar-refractivity contribution in [3.63, 3.8) is 0 Å². The maximum Gasteiger partial charge on any atom is 0.283 e. The Bertz CT molecular complexity index is 786. The van der Waals surface area contributed by atoms with Crippen molar-refractivity contribution in [2.24, 2.45) is 0 Å². The molecular weight excluding hydrogens is 313 g/mol. The van der Waals surface area contributed by atoms with Crippen molar-refractivity contribution >= 4 is 0 Å². The van der Waals surface area contributed by atoms with Crippen LogP contribution in [0.25, 0.3) is 11.7 Å². The summed E-state index contributed by atoms with van der Waals surface area (Å²) >= 11 is 0. The summed E-state index contributed by atoms with van der Waals surface area (Å²) in [6.07, 6.45) is 1.47. The third-order valence-electron chi connectivity index (χ3n) is 3.95. The van der Waals surface area contributed by atoms with E-state index in [-0.39, 0.29) is 11.9 Å². The van der Waals surface area contributed by atoms with Gasteiger partial charge in [-0.1, -0.05) is 12.1 Å². The van der Waals surface area contributed by atoms with Gasteiger partial charge < -0.3 is 13.6 Å². The van der Waals surface area contributed by atoms with Crippen molar-refractivity contribution in [1.29, 1.82) is 0 Å². The first-order valence-corrected chi connectivity index (χ1v) is 7.73. The molecule has 1 atom stereocenters. The fourth-order valence-corrected chi connectivity index (χ4v) is 2.73. The lowest BCUT2D eigenvalue weighted by atomic mass is 10.1. The monoisotopic (exact) mass is 329 g/mol. The van der Waals surface area contributed by atoms with E-state index in [2.05, 4.69) is 15.1 Å². The highest BCUT2D eigenvalue weighted by molar-refractivity contribution is 5.42. The van der Waals surface area contributed by atoms with E-state index in [1.54, 1.807) is 30.5 Å². The van der Waals surface area contributed by atoms with Crippen LogP contribution in [0.5, 0.6) is 0 Å². The van der Waals surface area contributed by atoms with Gasteiger partial charge in [0, 0.05) is 13.1 Å². The van der Waals surface area contributed by atoms with E-state index in [1.807, 2.05) is 0 Å². The van der Waals surface area contributed by atoms with E-state index >= 15 is 0 Å². The van der Waals surface area contributed by atoms with E-state index in [0.717, 1.165) is 12.1 Å². The molecule has 0 N–H and O–H groups in total. The number of furan rings is 1. The molecule has 1 fully saturated rings. The minimum Gasteiger partial charge on any atom is -0.459 e. The third kappa shape index (κ3) is 3.22. The Morgan fingerprint density at radius 2 is 2.04 bits per heavy atom. The lowest BCUT2D eigenvalue weighted by molar-refractivity contribution is -0.0351. The molecule has 0 radical (unpaired) electrons. The SMILES string of the molecule is Fc1ccc(C2CN(Cc3nnc(-c4ccco4)o3)CCO2)cc1. The maximum absolute atomic E-state index is 13.1. The Hall–Kier alpha value is -2.51. The number of hydrogen-bond donors (Lipinski definition) is 0. The van der Waals surface area contributed by atoms with Crippen molar-refractivity contribution in [2.75, 3.05) is 19.7 Å². The van der Waals surface area contributed by atoms with Gasteiger partial charge >= 0.3 is 0 Å². The number of halogens is 1. The largest absolute Gasteiger partial charge is 0.459 e. The van der Waals surface area contributed by atoms with Gasteiger partial charge in [-0.2, -0.15) is 0 Å². The van der Waals surface area contributed by atoms with Gasteiger partial charge in [-0.25, -0.2) is 4.39 Å². The molecule has 0 bridgehead atoms. The number of morpholine rings is 1. The van der Waals surface area contributed by atoms with Crippen LogP contribution in [0.1, 0.15) is 17.6 Å². The summed E-state index contributed by atoms with van der Waals surface area (Å²) in [4.78, 5) is 2.18. The second-order valence-corrected chi connectivity index (χ2v) is 5.62. The van der Waals surface area contributed by atoms with E-state index < -0.39 is 0 Å². The second kappa shape index (κ2) is 6.54. The number of ether oxygens (including phenoxy) is 1. The molecule has 1 saturated heterocycles. The molecule has 1 unspecified atom stereocenters. The first-order chi connectivity index (χ1) is 11.8. The second-order valence-electron chi connectivity index (χ2n) is 5.62. The fourth-order valence-electron chi connectivity index (χ4n) is 2.73. The minimum atomic E-state index is -0.247. The molecule has 24 heavy (non-hydrogen) atoms. The average Bonchev–Trinajstić information content (AvgIpc) is 3.27. The number of nitrogens with zero attached hydrogens (tertiary/aromatic N) is 3. The van der Waals surface area contributed by atoms with Crippen molar-refractivity contribution in [3.8, 4) is 11.7 Å². The molecule has 0 spiro atoms. The molecule has 1 aromatic carbocycles. The van der Waals surface area contributed by atoms with Gasteiger partial charge in [0.25, 0.3) is 5.89 Å². The summed E-state index contributed by atoms with van der Waals surface area (Å²) in [5.41, 5.74) is 0.961. The van der Waals surface area contributed by atoms with Gasteiger partial charge in [0.15, 0.2) is 5.76 Å². The normalized spacial score (nSPS) is 18.8. The average molecular weight is 329 g/mol. The van der Waals surface area contributed by atoms with Crippen LogP contribution in [0.2, 0.25) is 0 Å². The van der Waals surface area contributed by atoms with E-state index in [0.29, 0.717) is 37.2 Å². The molecule has 1 aliphatic heterocycles. The number of hydrogen-bond acceptors (Lipinski definition) is 6. The standard InChI is InChI=1S/C17H16FN3O3/c18-13-5-3-12(4-6-13)15-10-21(7-9-23-15)11-16-19-20-17(24-16)14-2-1-8-22-14/h1-6,8,15H,7,9-11H2. The molecule has 1 aliphatic rings. The quantitative estimate of drug-likeness (QED) is 0.733. The van der Waals surface area contributed by atoms with Crippen LogP contribution in [-0.2, 0) is 11.3 Å². The summed E-state index contributed by atoms with van der Waals surface area (Å²) in [5, 5.41) is 8.07. The minimum absolute atomic E-state index is 0.0909. The van der Waals surface area contributed by atoms with Gasteiger partial charge in [0.2, 0.25) is 5.89 Å². The van der Waals surface area contributed by atoms with Gasteiger partial charge in [0.1, 0.15) is 5.82 Å². The van der Waals surface area contributed by atoms with Crippen LogP contribution in [0, 0.1) is 5.82 Å². The topological polar surface area (TPSA) is 64.5 Å². The Morgan fingerprint density at radius 3 is 2.83 bits per heavy atom. The zero-order valence-electron chi connectivity index (χ0n) is 12.9. The van der Waals surface area contributed by atoms with Crippen LogP contribution < -0.4 is 0 Å². The summed E-state index contributed by atoms with van der Waals surface area (Å²) in [6, 6.07) is 9.96. The van der Waals surface area contributed by atoms with Crippen molar-refractivity contribution in [3.05, 3.63) is 59.9 Å². The third-order valence-corrected chi connectivity index (χ3v) is 3.95. The molecule has 6 nitrogen and oxygen atoms in total. The molecule has 0 saturated carbocycles. The van der Waals surface area contributed by atoms with Crippen LogP contribution >= 0.6 is 0 Å². The maximum atomic E-state index is 13.1. The molecule has 2 aromatic heterocycles. The Morgan fingerprint density at radius 1 is 1.17 bits per heavy atom. The molecule has 3 aromatic rings. The zero-order chi connectivity index (χ0) is 16.4. The van der Waals surface area contributed by atoms with E-state index in [9.17, 15) is 4.39 Å². The van der Waals surface area contributed by atoms with E-state index in [4.69, 9.17) is 13.6 Å². The van der Waals surface area contributed by atoms with Gasteiger partial charge in [-0.15, -0.1) is 10.2 Å². The summed E-state index contributed by atoms with van der Waals surface area (Å²) in [5.74, 6) is 1.21. The summed E-state index contributed by atoms with van der Waals surface area (Å²) in [6.45, 7) is 2.59. The van der Waals surface area contributed by atoms with Crippen LogP contribution in [-0.4, -0.2) is 34.8 Å². The predicted molar refractivity (Wildman–Crippen MR) is 82.4 cm³/mol. The molecular formula is C17H16FN3O3. The molecule has 124 valence electrons. The highest BCUT2D eigenvalue weighted by Gasteiger charge is 2.23. The number of aromatic nitrogens is 2. The molecule has 3 heterocycles. The Labute approximate surface area is 137 Å². The number of benzene rings is 1. The summed E-state index contributed by atoms with van der Waals surface area (Å²) in [7, 11) is 0. The van der Waals surface area contributed by atoms with Gasteiger partial charge in [-0.3, -0.25) is 4.90 Å². The lowest BCUT2D eigenvalue weighted by Gasteiger charge is -2.32.